The van der Waals surface area contributed by atoms with Gasteiger partial charge in [0.2, 0.25) is 0 Å². The summed E-state index contributed by atoms with van der Waals surface area (Å²) >= 11 is 0. The van der Waals surface area contributed by atoms with Crippen LogP contribution in [0.25, 0.3) is 99.9 Å². The molecule has 4 nitrogen and oxygen atoms in total. The predicted octanol–water partition coefficient (Wildman–Crippen LogP) is 12.4. The third-order valence-electron chi connectivity index (χ3n) is 9.74. The van der Waals surface area contributed by atoms with Crippen LogP contribution in [0.1, 0.15) is 0 Å². The van der Waals surface area contributed by atoms with E-state index in [1.54, 1.807) is 0 Å². The van der Waals surface area contributed by atoms with Gasteiger partial charge in [-0.05, 0) is 80.2 Å². The Balaban J connectivity index is 1.14. The highest BCUT2D eigenvalue weighted by Crippen LogP contribution is 2.38. The highest BCUT2D eigenvalue weighted by molar-refractivity contribution is 6.07. The second-order valence-electron chi connectivity index (χ2n) is 12.8. The summed E-state index contributed by atoms with van der Waals surface area (Å²) in [5, 5.41) is 6.81. The topological polar surface area (TPSA) is 51.8 Å². The molecule has 0 aliphatic rings. The molecule has 10 aromatic rings. The first-order valence-electron chi connectivity index (χ1n) is 17.1. The highest BCUT2D eigenvalue weighted by Gasteiger charge is 2.17. The minimum atomic E-state index is 0.613. The summed E-state index contributed by atoms with van der Waals surface area (Å²) in [5.74, 6) is 1.87. The van der Waals surface area contributed by atoms with Crippen molar-refractivity contribution in [1.82, 2.24) is 15.0 Å². The van der Waals surface area contributed by atoms with Crippen molar-refractivity contribution in [3.05, 3.63) is 176 Å². The Hall–Kier alpha value is -6.91. The summed E-state index contributed by atoms with van der Waals surface area (Å²) < 4.78 is 6.12. The number of nitrogens with zero attached hydrogens (tertiary/aromatic N) is 3. The standard InChI is InChI=1S/C47H29N3O/c1-2-13-31(14-3-1)45-48-46(34-24-27-44-42(29-34)40-21-8-9-23-43(40)51-44)50-47(49-45)41-26-25-37(38-19-6-7-20-39(38)41)33-17-10-16-32(28-33)36-22-11-15-30-12-4-5-18-35(30)36/h1-29H. The molecule has 0 unspecified atom stereocenters. The maximum atomic E-state index is 6.12. The zero-order valence-electron chi connectivity index (χ0n) is 27.5. The molecule has 2 aromatic heterocycles. The SMILES string of the molecule is c1ccc(-c2nc(-c3ccc4oc5ccccc5c4c3)nc(-c3ccc(-c4cccc(-c5cccc6ccccc56)c4)c4ccccc34)n2)cc1. The Labute approximate surface area is 294 Å². The number of fused-ring (bicyclic) bond motifs is 5. The lowest BCUT2D eigenvalue weighted by molar-refractivity contribution is 0.669. The van der Waals surface area contributed by atoms with Gasteiger partial charge >= 0.3 is 0 Å². The van der Waals surface area contributed by atoms with Crippen molar-refractivity contribution in [2.45, 2.75) is 0 Å². The number of hydrogen-bond acceptors (Lipinski definition) is 4. The number of furan rings is 1. The molecule has 0 spiro atoms. The van der Waals surface area contributed by atoms with E-state index in [1.165, 1.54) is 21.9 Å². The van der Waals surface area contributed by atoms with Crippen LogP contribution in [0.5, 0.6) is 0 Å². The predicted molar refractivity (Wildman–Crippen MR) is 209 cm³/mol. The molecule has 8 aromatic carbocycles. The molecule has 0 atom stereocenters. The van der Waals surface area contributed by atoms with Crippen molar-refractivity contribution in [2.24, 2.45) is 0 Å². The van der Waals surface area contributed by atoms with E-state index in [1.807, 2.05) is 60.7 Å². The lowest BCUT2D eigenvalue weighted by Crippen LogP contribution is -2.00. The van der Waals surface area contributed by atoms with E-state index in [0.717, 1.165) is 60.5 Å². The van der Waals surface area contributed by atoms with Gasteiger partial charge in [-0.15, -0.1) is 0 Å². The van der Waals surface area contributed by atoms with E-state index in [4.69, 9.17) is 19.4 Å². The Kier molecular flexibility index (Phi) is 6.78. The molecule has 0 fully saturated rings. The van der Waals surface area contributed by atoms with Crippen molar-refractivity contribution in [2.75, 3.05) is 0 Å². The largest absolute Gasteiger partial charge is 0.456 e. The van der Waals surface area contributed by atoms with Gasteiger partial charge in [-0.3, -0.25) is 0 Å². The van der Waals surface area contributed by atoms with Crippen LogP contribution in [0, 0.1) is 0 Å². The van der Waals surface area contributed by atoms with E-state index in [9.17, 15) is 0 Å². The Bertz CT molecular complexity index is 2920. The van der Waals surface area contributed by atoms with Crippen LogP contribution in [0.4, 0.5) is 0 Å². The van der Waals surface area contributed by atoms with Gasteiger partial charge in [0.1, 0.15) is 11.2 Å². The zero-order valence-corrected chi connectivity index (χ0v) is 27.5. The Morgan fingerprint density at radius 1 is 0.294 bits per heavy atom. The van der Waals surface area contributed by atoms with Crippen LogP contribution >= 0.6 is 0 Å². The third-order valence-corrected chi connectivity index (χ3v) is 9.74. The first-order valence-corrected chi connectivity index (χ1v) is 17.1. The van der Waals surface area contributed by atoms with Gasteiger partial charge < -0.3 is 4.42 Å². The van der Waals surface area contributed by atoms with Crippen LogP contribution in [0.15, 0.2) is 180 Å². The molecule has 0 amide bonds. The van der Waals surface area contributed by atoms with E-state index in [2.05, 4.69) is 115 Å². The Morgan fingerprint density at radius 3 is 1.67 bits per heavy atom. The minimum Gasteiger partial charge on any atom is -0.456 e. The summed E-state index contributed by atoms with van der Waals surface area (Å²) in [4.78, 5) is 15.3. The third kappa shape index (κ3) is 5.04. The van der Waals surface area contributed by atoms with Crippen LogP contribution in [-0.2, 0) is 0 Å². The lowest BCUT2D eigenvalue weighted by Gasteiger charge is -2.14. The summed E-state index contributed by atoms with van der Waals surface area (Å²) in [5.41, 5.74) is 9.22. The average Bonchev–Trinajstić information content (AvgIpc) is 3.58. The molecule has 10 rings (SSSR count). The molecule has 0 bridgehead atoms. The van der Waals surface area contributed by atoms with Crippen molar-refractivity contribution in [1.29, 1.82) is 0 Å². The number of hydrogen-bond donors (Lipinski definition) is 0. The fraction of sp³-hybridized carbons (Fsp3) is 0. The molecule has 0 aliphatic carbocycles. The van der Waals surface area contributed by atoms with Crippen molar-refractivity contribution >= 4 is 43.5 Å². The number of para-hydroxylation sites is 1. The second kappa shape index (κ2) is 11.9. The van der Waals surface area contributed by atoms with E-state index < -0.39 is 0 Å². The van der Waals surface area contributed by atoms with Crippen LogP contribution in [0.3, 0.4) is 0 Å². The fourth-order valence-corrected chi connectivity index (χ4v) is 7.28. The molecular weight excluding hydrogens is 623 g/mol. The van der Waals surface area contributed by atoms with Gasteiger partial charge in [-0.2, -0.15) is 0 Å². The van der Waals surface area contributed by atoms with Crippen molar-refractivity contribution in [3.63, 3.8) is 0 Å². The summed E-state index contributed by atoms with van der Waals surface area (Å²) in [6.07, 6.45) is 0. The van der Waals surface area contributed by atoms with Crippen LogP contribution < -0.4 is 0 Å². The first-order chi connectivity index (χ1) is 25.3. The molecule has 51 heavy (non-hydrogen) atoms. The number of rotatable bonds is 5. The Morgan fingerprint density at radius 2 is 0.843 bits per heavy atom. The summed E-state index contributed by atoms with van der Waals surface area (Å²) in [6, 6.07) is 61.2. The van der Waals surface area contributed by atoms with Crippen molar-refractivity contribution in [3.8, 4) is 56.4 Å². The normalized spacial score (nSPS) is 11.5. The zero-order chi connectivity index (χ0) is 33.7. The van der Waals surface area contributed by atoms with Gasteiger partial charge in [0.15, 0.2) is 17.5 Å². The maximum Gasteiger partial charge on any atom is 0.164 e. The highest BCUT2D eigenvalue weighted by atomic mass is 16.3. The van der Waals surface area contributed by atoms with E-state index >= 15 is 0 Å². The number of benzene rings is 8. The molecule has 0 saturated carbocycles. The van der Waals surface area contributed by atoms with Crippen LogP contribution in [0.2, 0.25) is 0 Å². The van der Waals surface area contributed by atoms with Gasteiger partial charge in [0.05, 0.1) is 0 Å². The lowest BCUT2D eigenvalue weighted by atomic mass is 9.92. The van der Waals surface area contributed by atoms with Gasteiger partial charge in [-0.1, -0.05) is 140 Å². The quantitative estimate of drug-likeness (QED) is 0.186. The van der Waals surface area contributed by atoms with Crippen LogP contribution in [-0.4, -0.2) is 15.0 Å². The molecule has 0 saturated heterocycles. The van der Waals surface area contributed by atoms with Gasteiger partial charge in [-0.25, -0.2) is 15.0 Å². The molecular formula is C47H29N3O. The molecule has 2 heterocycles. The molecule has 0 aliphatic heterocycles. The van der Waals surface area contributed by atoms with Gasteiger partial charge in [0.25, 0.3) is 0 Å². The second-order valence-corrected chi connectivity index (χ2v) is 12.8. The summed E-state index contributed by atoms with van der Waals surface area (Å²) in [6.45, 7) is 0. The molecule has 0 radical (unpaired) electrons. The van der Waals surface area contributed by atoms with Crippen molar-refractivity contribution < 1.29 is 4.42 Å². The summed E-state index contributed by atoms with van der Waals surface area (Å²) in [7, 11) is 0. The minimum absolute atomic E-state index is 0.613. The fourth-order valence-electron chi connectivity index (χ4n) is 7.28. The smallest absolute Gasteiger partial charge is 0.164 e. The van der Waals surface area contributed by atoms with E-state index in [0.29, 0.717) is 17.5 Å². The average molecular weight is 652 g/mol. The molecule has 238 valence electrons. The number of aromatic nitrogens is 3. The van der Waals surface area contributed by atoms with Gasteiger partial charge in [0, 0.05) is 27.5 Å². The monoisotopic (exact) mass is 651 g/mol. The maximum absolute atomic E-state index is 6.12. The van der Waals surface area contributed by atoms with E-state index in [-0.39, 0.29) is 0 Å². The molecule has 0 N–H and O–H groups in total. The molecule has 4 heteroatoms. The first kappa shape index (κ1) is 29.0.